The second-order valence-corrected chi connectivity index (χ2v) is 12.6. The van der Waals surface area contributed by atoms with Crippen LogP contribution in [0.15, 0.2) is 108 Å². The highest BCUT2D eigenvalue weighted by Crippen LogP contribution is 2.48. The summed E-state index contributed by atoms with van der Waals surface area (Å²) < 4.78 is 6.15. The summed E-state index contributed by atoms with van der Waals surface area (Å²) in [6.07, 6.45) is 10.6. The Morgan fingerprint density at radius 1 is 0.833 bits per heavy atom. The summed E-state index contributed by atoms with van der Waals surface area (Å²) in [6.45, 7) is 8.86. The van der Waals surface area contributed by atoms with E-state index in [1.165, 1.54) is 27.4 Å². The minimum Gasteiger partial charge on any atom is -0.348 e. The van der Waals surface area contributed by atoms with E-state index in [1.807, 2.05) is 22.4 Å². The lowest BCUT2D eigenvalue weighted by Gasteiger charge is -2.26. The van der Waals surface area contributed by atoms with E-state index in [-0.39, 0.29) is 16.9 Å². The molecule has 6 rings (SSSR count). The maximum absolute atomic E-state index is 13.6. The number of anilines is 1. The van der Waals surface area contributed by atoms with Crippen LogP contribution >= 0.6 is 23.1 Å². The number of thiazole rings is 1. The Morgan fingerprint density at radius 2 is 1.52 bits per heavy atom. The van der Waals surface area contributed by atoms with Crippen LogP contribution in [-0.4, -0.2) is 27.3 Å². The number of likely N-dealkylation sites (N-methyl/N-ethyl adjacent to an activating group) is 1. The number of hydrogen-bond donors (Lipinski definition) is 0. The molecule has 3 heterocycles. The van der Waals surface area contributed by atoms with Crippen LogP contribution < -0.4 is 19.7 Å². The average Bonchev–Trinajstić information content (AvgIpc) is 3.56. The average molecular weight is 591 g/mol. The normalized spacial score (nSPS) is 20.2. The van der Waals surface area contributed by atoms with Gasteiger partial charge >= 0.3 is 0 Å². The highest BCUT2D eigenvalue weighted by molar-refractivity contribution is 8.15. The van der Waals surface area contributed by atoms with Crippen LogP contribution in [0, 0.1) is 0 Å². The van der Waals surface area contributed by atoms with Gasteiger partial charge in [0.1, 0.15) is 16.5 Å². The molecule has 0 fully saturated rings. The highest BCUT2D eigenvalue weighted by Gasteiger charge is 2.43. The predicted octanol–water partition coefficient (Wildman–Crippen LogP) is 6.59. The number of allylic oxidation sites excluding steroid dienone is 3. The van der Waals surface area contributed by atoms with Crippen LogP contribution in [0.4, 0.5) is 5.69 Å². The van der Waals surface area contributed by atoms with Gasteiger partial charge in [0.15, 0.2) is 6.04 Å². The van der Waals surface area contributed by atoms with Crippen molar-refractivity contribution in [2.24, 2.45) is 0 Å². The van der Waals surface area contributed by atoms with Gasteiger partial charge in [-0.05, 0) is 61.9 Å². The van der Waals surface area contributed by atoms with Crippen molar-refractivity contribution in [3.63, 3.8) is 0 Å². The van der Waals surface area contributed by atoms with Crippen molar-refractivity contribution in [2.45, 2.75) is 38.6 Å². The van der Waals surface area contributed by atoms with E-state index < -0.39 is 0 Å². The van der Waals surface area contributed by atoms with Gasteiger partial charge in [0.05, 0.1) is 10.6 Å². The van der Waals surface area contributed by atoms with Crippen molar-refractivity contribution in [1.82, 2.24) is 4.57 Å². The molecule has 2 aliphatic heterocycles. The van der Waals surface area contributed by atoms with Crippen LogP contribution in [0.25, 0.3) is 17.7 Å². The second kappa shape index (κ2) is 12.6. The van der Waals surface area contributed by atoms with Gasteiger partial charge in [0, 0.05) is 36.1 Å². The van der Waals surface area contributed by atoms with E-state index >= 15 is 0 Å². The summed E-state index contributed by atoms with van der Waals surface area (Å²) >= 11 is 3.48. The molecule has 4 aromatic rings. The second-order valence-electron chi connectivity index (χ2n) is 10.3. The lowest BCUT2D eigenvalue weighted by atomic mass is 9.97. The summed E-state index contributed by atoms with van der Waals surface area (Å²) in [4.78, 5) is 15.8. The number of para-hydroxylation sites is 1. The molecule has 212 valence electrons. The first-order chi connectivity index (χ1) is 20.6. The first-order valence-corrected chi connectivity index (χ1v) is 16.4. The fraction of sp³-hybridized carbons (Fsp3) is 0.222. The molecule has 0 amide bonds. The van der Waals surface area contributed by atoms with Gasteiger partial charge in [-0.15, -0.1) is 11.3 Å². The Bertz CT molecular complexity index is 1850. The number of fused-ring (bicyclic) bond motifs is 1. The summed E-state index contributed by atoms with van der Waals surface area (Å²) in [5.74, 6) is 0. The van der Waals surface area contributed by atoms with E-state index in [0.29, 0.717) is 6.54 Å². The van der Waals surface area contributed by atoms with E-state index in [9.17, 15) is 4.79 Å². The molecule has 0 unspecified atom stereocenters. The Kier molecular flexibility index (Phi) is 8.45. The van der Waals surface area contributed by atoms with E-state index in [2.05, 4.69) is 140 Å². The molecule has 3 aromatic carbocycles. The molecule has 42 heavy (non-hydrogen) atoms. The van der Waals surface area contributed by atoms with Crippen LogP contribution in [0.1, 0.15) is 48.8 Å². The van der Waals surface area contributed by atoms with Crippen molar-refractivity contribution < 1.29 is 4.58 Å². The number of aromatic nitrogens is 1. The Hall–Kier alpha value is -3.87. The van der Waals surface area contributed by atoms with Gasteiger partial charge in [-0.1, -0.05) is 84.9 Å². The molecule has 0 radical (unpaired) electrons. The fourth-order valence-electron chi connectivity index (χ4n) is 5.89. The molecule has 4 nitrogen and oxygen atoms in total. The van der Waals surface area contributed by atoms with Crippen molar-refractivity contribution in [3.8, 4) is 0 Å². The summed E-state index contributed by atoms with van der Waals surface area (Å²) in [5, 5.41) is 1.47. The zero-order valence-electron chi connectivity index (χ0n) is 24.3. The van der Waals surface area contributed by atoms with Crippen LogP contribution in [0.2, 0.25) is 0 Å². The van der Waals surface area contributed by atoms with Crippen molar-refractivity contribution in [1.29, 1.82) is 0 Å². The molecule has 0 bridgehead atoms. The maximum Gasteiger partial charge on any atom is 0.269 e. The van der Waals surface area contributed by atoms with E-state index in [1.54, 1.807) is 11.3 Å². The third kappa shape index (κ3) is 5.37. The number of thioether (sulfide) groups is 1. The molecule has 2 atom stereocenters. The summed E-state index contributed by atoms with van der Waals surface area (Å²) in [6, 6.07) is 30.3. The summed E-state index contributed by atoms with van der Waals surface area (Å²) in [5.41, 5.74) is 6.20. The molecular weight excluding hydrogens is 555 g/mol. The number of rotatable bonds is 7. The van der Waals surface area contributed by atoms with Gasteiger partial charge < -0.3 is 4.90 Å². The molecule has 1 aromatic heterocycles. The molecule has 2 aliphatic rings. The zero-order chi connectivity index (χ0) is 29.1. The molecule has 0 spiro atoms. The van der Waals surface area contributed by atoms with Crippen LogP contribution in [0.5, 0.6) is 0 Å². The number of benzene rings is 3. The third-order valence-corrected chi connectivity index (χ3v) is 10.4. The van der Waals surface area contributed by atoms with Gasteiger partial charge in [-0.3, -0.25) is 9.36 Å². The van der Waals surface area contributed by atoms with E-state index in [4.69, 9.17) is 0 Å². The highest BCUT2D eigenvalue weighted by atomic mass is 32.2. The Morgan fingerprint density at radius 3 is 2.21 bits per heavy atom. The fourth-order valence-corrected chi connectivity index (χ4v) is 8.56. The van der Waals surface area contributed by atoms with Crippen molar-refractivity contribution >= 4 is 51.6 Å². The standard InChI is InChI=1S/C36H36N3OS2/c1-4-37-24-23-26(29-19-13-14-20-30(29)37)21-22-31-36(40)39(6-3)33(41-31)25-32-38(5-2)34(27-15-9-7-10-16-27)35(42-32)28-17-11-8-12-18-28/h7-25,34-35H,4-6H2,1-3H3/q+1/b26-21+,31-22+/t34-,35+/m1/s1. The Labute approximate surface area is 256 Å². The molecule has 0 saturated carbocycles. The lowest BCUT2D eigenvalue weighted by Crippen LogP contribution is -2.31. The van der Waals surface area contributed by atoms with E-state index in [0.717, 1.165) is 27.9 Å². The topological polar surface area (TPSA) is 28.2 Å². The number of hydrogen-bond acceptors (Lipinski definition) is 4. The van der Waals surface area contributed by atoms with Gasteiger partial charge in [-0.25, -0.2) is 4.58 Å². The maximum atomic E-state index is 13.6. The number of nitrogens with zero attached hydrogens (tertiary/aromatic N) is 3. The monoisotopic (exact) mass is 590 g/mol. The molecule has 0 N–H and O–H groups in total. The molecule has 0 aliphatic carbocycles. The smallest absolute Gasteiger partial charge is 0.269 e. The minimum absolute atomic E-state index is 0.0692. The SMILES string of the molecule is CCN1C=C/C(=C\C=c2\s/c(=C/C3=[N+](CC)[C@H](c4ccccc4)[C@H](c4ccccc4)S3)n(CC)c2=O)c2ccccc21. The predicted molar refractivity (Wildman–Crippen MR) is 181 cm³/mol. The first-order valence-electron chi connectivity index (χ1n) is 14.7. The van der Waals surface area contributed by atoms with Crippen molar-refractivity contribution in [3.05, 3.63) is 140 Å². The molecular formula is C36H36N3OS2+. The first kappa shape index (κ1) is 28.3. The van der Waals surface area contributed by atoms with Gasteiger partial charge in [0.2, 0.25) is 5.04 Å². The summed E-state index contributed by atoms with van der Waals surface area (Å²) in [7, 11) is 0. The quantitative estimate of drug-likeness (QED) is 0.228. The zero-order valence-corrected chi connectivity index (χ0v) is 25.9. The minimum atomic E-state index is 0.0692. The third-order valence-electron chi connectivity index (χ3n) is 7.98. The van der Waals surface area contributed by atoms with Crippen molar-refractivity contribution in [2.75, 3.05) is 18.0 Å². The van der Waals surface area contributed by atoms with Gasteiger partial charge in [-0.2, -0.15) is 0 Å². The molecule has 0 saturated heterocycles. The van der Waals surface area contributed by atoms with Gasteiger partial charge in [0.25, 0.3) is 5.56 Å². The molecule has 6 heteroatoms. The Balaban J connectivity index is 1.44. The van der Waals surface area contributed by atoms with Crippen LogP contribution in [-0.2, 0) is 6.54 Å². The largest absolute Gasteiger partial charge is 0.348 e. The lowest BCUT2D eigenvalue weighted by molar-refractivity contribution is -0.562. The van der Waals surface area contributed by atoms with Crippen LogP contribution in [0.3, 0.4) is 0 Å².